The van der Waals surface area contributed by atoms with Gasteiger partial charge < -0.3 is 15.4 Å². The number of rotatable bonds is 7. The average Bonchev–Trinajstić information content (AvgIpc) is 3.22. The van der Waals surface area contributed by atoms with E-state index in [-0.39, 0.29) is 24.0 Å². The Balaban J connectivity index is 0.00000363. The topological polar surface area (TPSA) is 97.6 Å². The molecule has 2 aromatic carbocycles. The molecule has 0 bridgehead atoms. The molecule has 0 aliphatic heterocycles. The van der Waals surface area contributed by atoms with Crippen LogP contribution in [-0.2, 0) is 22.9 Å². The van der Waals surface area contributed by atoms with Crippen molar-refractivity contribution >= 4 is 39.8 Å². The molecule has 3 aromatic rings. The number of aromatic nitrogens is 2. The predicted octanol–water partition coefficient (Wildman–Crippen LogP) is 3.08. The van der Waals surface area contributed by atoms with Crippen LogP contribution in [0.4, 0.5) is 0 Å². The molecule has 3 rings (SSSR count). The number of benzene rings is 2. The molecule has 0 atom stereocenters. The highest BCUT2D eigenvalue weighted by Gasteiger charge is 2.11. The van der Waals surface area contributed by atoms with Crippen molar-refractivity contribution < 1.29 is 13.2 Å². The van der Waals surface area contributed by atoms with Crippen LogP contribution in [-0.4, -0.2) is 44.6 Å². The van der Waals surface area contributed by atoms with Crippen LogP contribution in [0.3, 0.4) is 0 Å². The van der Waals surface area contributed by atoms with E-state index in [9.17, 15) is 8.42 Å². The predicted molar refractivity (Wildman–Crippen MR) is 137 cm³/mol. The van der Waals surface area contributed by atoms with Gasteiger partial charge in [0.15, 0.2) is 15.8 Å². The van der Waals surface area contributed by atoms with Crippen LogP contribution in [0, 0.1) is 6.92 Å². The molecule has 0 fully saturated rings. The van der Waals surface area contributed by atoms with Gasteiger partial charge in [-0.1, -0.05) is 12.1 Å². The average molecular weight is 569 g/mol. The summed E-state index contributed by atoms with van der Waals surface area (Å²) in [5.41, 5.74) is 3.51. The van der Waals surface area contributed by atoms with Crippen LogP contribution in [0.1, 0.15) is 16.8 Å². The third kappa shape index (κ3) is 6.70. The lowest BCUT2D eigenvalue weighted by molar-refractivity contribution is 0.414. The highest BCUT2D eigenvalue weighted by atomic mass is 127. The smallest absolute Gasteiger partial charge is 0.191 e. The van der Waals surface area contributed by atoms with Crippen LogP contribution in [0.2, 0.25) is 0 Å². The maximum Gasteiger partial charge on any atom is 0.191 e. The Hall–Kier alpha value is -2.60. The van der Waals surface area contributed by atoms with Gasteiger partial charge in [0.05, 0.1) is 29.9 Å². The van der Waals surface area contributed by atoms with Crippen molar-refractivity contribution in [3.05, 3.63) is 71.5 Å². The minimum absolute atomic E-state index is 0. The van der Waals surface area contributed by atoms with Gasteiger partial charge in [-0.25, -0.2) is 13.1 Å². The quantitative estimate of drug-likeness (QED) is 0.258. The summed E-state index contributed by atoms with van der Waals surface area (Å²) >= 11 is 0. The number of aryl methyl sites for hydroxylation is 1. The van der Waals surface area contributed by atoms with Crippen molar-refractivity contribution in [1.82, 2.24) is 20.4 Å². The second-order valence-corrected chi connectivity index (χ2v) is 9.09. The van der Waals surface area contributed by atoms with Gasteiger partial charge in [0.1, 0.15) is 5.75 Å². The Morgan fingerprint density at radius 1 is 1.09 bits per heavy atom. The lowest BCUT2D eigenvalue weighted by Crippen LogP contribution is -2.36. The zero-order chi connectivity index (χ0) is 22.4. The lowest BCUT2D eigenvalue weighted by Gasteiger charge is -2.12. The van der Waals surface area contributed by atoms with Gasteiger partial charge in [0.25, 0.3) is 0 Å². The van der Waals surface area contributed by atoms with E-state index in [1.165, 1.54) is 6.26 Å². The zero-order valence-corrected chi connectivity index (χ0v) is 21.6. The molecule has 0 saturated carbocycles. The molecule has 32 heavy (non-hydrogen) atoms. The van der Waals surface area contributed by atoms with Gasteiger partial charge >= 0.3 is 0 Å². The van der Waals surface area contributed by atoms with E-state index in [2.05, 4.69) is 20.7 Å². The van der Waals surface area contributed by atoms with Crippen molar-refractivity contribution in [2.45, 2.75) is 24.9 Å². The fourth-order valence-electron chi connectivity index (χ4n) is 3.15. The molecule has 0 radical (unpaired) electrons. The number of halogens is 1. The third-order valence-electron chi connectivity index (χ3n) is 4.74. The van der Waals surface area contributed by atoms with Crippen molar-refractivity contribution in [3.63, 3.8) is 0 Å². The van der Waals surface area contributed by atoms with Gasteiger partial charge in [0.2, 0.25) is 0 Å². The molecular weight excluding hydrogens is 541 g/mol. The summed E-state index contributed by atoms with van der Waals surface area (Å²) in [5, 5.41) is 11.0. The van der Waals surface area contributed by atoms with E-state index in [4.69, 9.17) is 4.74 Å². The molecule has 0 unspecified atom stereocenters. The Morgan fingerprint density at radius 2 is 1.78 bits per heavy atom. The molecule has 2 N–H and O–H groups in total. The molecule has 0 aliphatic rings. The third-order valence-corrected chi connectivity index (χ3v) is 6.00. The molecule has 0 amide bonds. The van der Waals surface area contributed by atoms with Gasteiger partial charge in [-0.15, -0.1) is 24.0 Å². The van der Waals surface area contributed by atoms with Gasteiger partial charge in [-0.3, -0.25) is 4.99 Å². The molecule has 1 heterocycles. The molecule has 1 aromatic heterocycles. The highest BCUT2D eigenvalue weighted by Crippen LogP contribution is 2.17. The lowest BCUT2D eigenvalue weighted by atomic mass is 10.1. The van der Waals surface area contributed by atoms with E-state index in [1.54, 1.807) is 37.9 Å². The SMILES string of the molecule is CN=C(NCc1ccc(S(C)(=O)=O)c(C)c1)NCc1ccn(-c2ccc(OC)cc2)n1.I. The van der Waals surface area contributed by atoms with Crippen LogP contribution < -0.4 is 15.4 Å². The zero-order valence-electron chi connectivity index (χ0n) is 18.5. The van der Waals surface area contributed by atoms with E-state index in [0.29, 0.717) is 23.9 Å². The summed E-state index contributed by atoms with van der Waals surface area (Å²) in [6.45, 7) is 2.83. The van der Waals surface area contributed by atoms with E-state index >= 15 is 0 Å². The van der Waals surface area contributed by atoms with Crippen LogP contribution in [0.5, 0.6) is 5.75 Å². The Bertz CT molecular complexity index is 1170. The van der Waals surface area contributed by atoms with Crippen molar-refractivity contribution in [2.75, 3.05) is 20.4 Å². The largest absolute Gasteiger partial charge is 0.497 e. The molecule has 10 heteroatoms. The minimum atomic E-state index is -3.22. The molecule has 8 nitrogen and oxygen atoms in total. The first-order chi connectivity index (χ1) is 14.8. The number of methoxy groups -OCH3 is 1. The van der Waals surface area contributed by atoms with Crippen LogP contribution in [0.25, 0.3) is 5.69 Å². The number of hydrogen-bond donors (Lipinski definition) is 2. The number of hydrogen-bond acceptors (Lipinski definition) is 5. The van der Waals surface area contributed by atoms with Crippen molar-refractivity contribution in [2.24, 2.45) is 4.99 Å². The Kier molecular flexibility index (Phi) is 9.08. The van der Waals surface area contributed by atoms with E-state index < -0.39 is 9.84 Å². The summed E-state index contributed by atoms with van der Waals surface area (Å²) in [6.07, 6.45) is 3.12. The van der Waals surface area contributed by atoms with E-state index in [0.717, 1.165) is 28.3 Å². The number of nitrogens with one attached hydrogen (secondary N) is 2. The van der Waals surface area contributed by atoms with Crippen molar-refractivity contribution in [3.8, 4) is 11.4 Å². The maximum atomic E-state index is 11.8. The first-order valence-electron chi connectivity index (χ1n) is 9.73. The van der Waals surface area contributed by atoms with Gasteiger partial charge in [0, 0.05) is 26.0 Å². The summed E-state index contributed by atoms with van der Waals surface area (Å²) in [7, 11) is 0.117. The molecule has 0 saturated heterocycles. The number of ether oxygens (including phenoxy) is 1. The number of sulfone groups is 1. The Morgan fingerprint density at radius 3 is 2.38 bits per heavy atom. The fourth-order valence-corrected chi connectivity index (χ4v) is 4.11. The molecule has 172 valence electrons. The van der Waals surface area contributed by atoms with Crippen LogP contribution in [0.15, 0.2) is 64.6 Å². The number of aliphatic imine (C=N–C) groups is 1. The summed E-state index contributed by atoms with van der Waals surface area (Å²) < 4.78 is 30.5. The normalized spacial score (nSPS) is 11.6. The number of guanidine groups is 1. The monoisotopic (exact) mass is 569 g/mol. The maximum absolute atomic E-state index is 11.8. The minimum Gasteiger partial charge on any atom is -0.497 e. The van der Waals surface area contributed by atoms with Crippen molar-refractivity contribution in [1.29, 1.82) is 0 Å². The second kappa shape index (κ2) is 11.3. The second-order valence-electron chi connectivity index (χ2n) is 7.10. The van der Waals surface area contributed by atoms with Gasteiger partial charge in [-0.05, 0) is 54.4 Å². The molecule has 0 spiro atoms. The molecule has 0 aliphatic carbocycles. The van der Waals surface area contributed by atoms with Gasteiger partial charge in [-0.2, -0.15) is 5.10 Å². The summed E-state index contributed by atoms with van der Waals surface area (Å²) in [4.78, 5) is 4.58. The Labute approximate surface area is 206 Å². The first-order valence-corrected chi connectivity index (χ1v) is 11.6. The van der Waals surface area contributed by atoms with Crippen LogP contribution >= 0.6 is 24.0 Å². The fraction of sp³-hybridized carbons (Fsp3) is 0.273. The number of nitrogens with zero attached hydrogens (tertiary/aromatic N) is 3. The first kappa shape index (κ1) is 25.7. The standard InChI is InChI=1S/C22H27N5O3S.HI/c1-16-13-17(5-10-21(16)31(4,28)29)14-24-22(23-2)25-15-18-11-12-27(26-18)19-6-8-20(30-3)9-7-19;/h5-13H,14-15H2,1-4H3,(H2,23,24,25);1H. The highest BCUT2D eigenvalue weighted by molar-refractivity contribution is 14.0. The summed E-state index contributed by atoms with van der Waals surface area (Å²) in [5.74, 6) is 1.43. The summed E-state index contributed by atoms with van der Waals surface area (Å²) in [6, 6.07) is 14.9. The molecular formula is C22H28IN5O3S. The van der Waals surface area contributed by atoms with E-state index in [1.807, 2.05) is 42.6 Å².